The van der Waals surface area contributed by atoms with Crippen LogP contribution in [0.1, 0.15) is 21.7 Å². The second kappa shape index (κ2) is 8.34. The number of hydrogen-bond donors (Lipinski definition) is 0. The molecule has 0 aliphatic carbocycles. The van der Waals surface area contributed by atoms with Crippen LogP contribution < -0.4 is 9.47 Å². The third kappa shape index (κ3) is 4.01. The molecule has 1 aromatic heterocycles. The third-order valence-corrected chi connectivity index (χ3v) is 4.09. The summed E-state index contributed by atoms with van der Waals surface area (Å²) in [5, 5.41) is 12.6. The third-order valence-electron chi connectivity index (χ3n) is 4.09. The van der Waals surface area contributed by atoms with Crippen LogP contribution in [0.15, 0.2) is 48.5 Å². The summed E-state index contributed by atoms with van der Waals surface area (Å²) in [7, 11) is 2.72. The number of carbonyl (C=O) groups excluding carboxylic acids is 2. The van der Waals surface area contributed by atoms with E-state index >= 15 is 0 Å². The molecule has 8 heteroatoms. The number of nitrogens with zero attached hydrogens (tertiary/aromatic N) is 2. The van der Waals surface area contributed by atoms with Gasteiger partial charge in [0, 0.05) is 6.07 Å². The van der Waals surface area contributed by atoms with Gasteiger partial charge in [0.2, 0.25) is 5.52 Å². The van der Waals surface area contributed by atoms with E-state index in [4.69, 9.17) is 9.47 Å². The lowest BCUT2D eigenvalue weighted by molar-refractivity contribution is -0.581. The quantitative estimate of drug-likeness (QED) is 0.365. The maximum absolute atomic E-state index is 12.6. The molecule has 28 heavy (non-hydrogen) atoms. The number of esters is 2. The predicted molar refractivity (Wildman–Crippen MR) is 98.5 cm³/mol. The van der Waals surface area contributed by atoms with E-state index in [1.165, 1.54) is 0 Å². The second-order valence-electron chi connectivity index (χ2n) is 5.87. The van der Waals surface area contributed by atoms with Crippen LogP contribution in [-0.2, 0) is 27.3 Å². The van der Waals surface area contributed by atoms with E-state index in [2.05, 4.69) is 9.72 Å². The number of hydrogen-bond acceptors (Lipinski definition) is 7. The molecular weight excluding hydrogens is 364 g/mol. The SMILES string of the molecule is COC(=O)c1c(COC(=O)Cc2ccc(OC)cc2)nc2ccccc2[n+]1[O-]. The zero-order valence-electron chi connectivity index (χ0n) is 15.4. The number of para-hydroxylation sites is 2. The van der Waals surface area contributed by atoms with E-state index in [-0.39, 0.29) is 29.9 Å². The van der Waals surface area contributed by atoms with Crippen LogP contribution in [-0.4, -0.2) is 31.1 Å². The van der Waals surface area contributed by atoms with Crippen LogP contribution in [0.2, 0.25) is 0 Å². The highest BCUT2D eigenvalue weighted by molar-refractivity contribution is 5.88. The molecule has 144 valence electrons. The summed E-state index contributed by atoms with van der Waals surface area (Å²) < 4.78 is 15.4. The number of fused-ring (bicyclic) bond motifs is 1. The normalized spacial score (nSPS) is 10.5. The summed E-state index contributed by atoms with van der Waals surface area (Å²) in [5.74, 6) is -0.692. The number of rotatable bonds is 6. The van der Waals surface area contributed by atoms with Crippen LogP contribution in [0, 0.1) is 5.21 Å². The molecule has 0 aliphatic rings. The van der Waals surface area contributed by atoms with Gasteiger partial charge >= 0.3 is 17.6 Å². The van der Waals surface area contributed by atoms with Crippen molar-refractivity contribution in [1.82, 2.24) is 4.98 Å². The molecule has 0 fully saturated rings. The Kier molecular flexibility index (Phi) is 5.69. The molecule has 8 nitrogen and oxygen atoms in total. The summed E-state index contributed by atoms with van der Waals surface area (Å²) in [4.78, 5) is 28.5. The molecule has 0 saturated carbocycles. The molecule has 0 spiro atoms. The first kappa shape index (κ1) is 19.1. The van der Waals surface area contributed by atoms with Gasteiger partial charge < -0.3 is 19.4 Å². The van der Waals surface area contributed by atoms with Gasteiger partial charge in [0.15, 0.2) is 5.69 Å². The molecule has 1 heterocycles. The fourth-order valence-electron chi connectivity index (χ4n) is 2.67. The molecular formula is C20H18N2O6. The molecule has 3 rings (SSSR count). The van der Waals surface area contributed by atoms with Crippen molar-refractivity contribution in [2.75, 3.05) is 14.2 Å². The molecule has 0 unspecified atom stereocenters. The van der Waals surface area contributed by atoms with Crippen LogP contribution in [0.3, 0.4) is 0 Å². The van der Waals surface area contributed by atoms with Gasteiger partial charge in [-0.3, -0.25) is 4.79 Å². The Hall–Kier alpha value is -3.68. The van der Waals surface area contributed by atoms with Gasteiger partial charge in [-0.15, -0.1) is 0 Å². The van der Waals surface area contributed by atoms with Gasteiger partial charge in [0.05, 0.1) is 20.6 Å². The Bertz CT molecular complexity index is 1020. The molecule has 0 aliphatic heterocycles. The minimum atomic E-state index is -0.852. The Labute approximate surface area is 160 Å². The Balaban J connectivity index is 1.80. The van der Waals surface area contributed by atoms with E-state index in [1.54, 1.807) is 55.6 Å². The number of aromatic nitrogens is 2. The maximum Gasteiger partial charge on any atom is 0.406 e. The van der Waals surface area contributed by atoms with Gasteiger partial charge in [-0.25, -0.2) is 9.78 Å². The first-order valence-corrected chi connectivity index (χ1v) is 8.41. The van der Waals surface area contributed by atoms with E-state index in [0.717, 1.165) is 12.7 Å². The van der Waals surface area contributed by atoms with Crippen molar-refractivity contribution >= 4 is 23.0 Å². The molecule has 2 aromatic carbocycles. The standard InChI is InChI=1S/C20H18N2O6/c1-26-14-9-7-13(8-10-14)11-18(23)28-12-16-19(20(24)27-2)22(25)17-6-4-3-5-15(17)21-16/h3-10H,11-12H2,1-2H3. The van der Waals surface area contributed by atoms with Crippen LogP contribution in [0.25, 0.3) is 11.0 Å². The largest absolute Gasteiger partial charge is 0.618 e. The van der Waals surface area contributed by atoms with Gasteiger partial charge in [0.1, 0.15) is 17.9 Å². The summed E-state index contributed by atoms with van der Waals surface area (Å²) >= 11 is 0. The Morgan fingerprint density at radius 3 is 2.46 bits per heavy atom. The molecule has 0 radical (unpaired) electrons. The average molecular weight is 382 g/mol. The van der Waals surface area contributed by atoms with E-state index in [0.29, 0.717) is 16.0 Å². The number of methoxy groups -OCH3 is 2. The number of benzene rings is 2. The second-order valence-corrected chi connectivity index (χ2v) is 5.87. The van der Waals surface area contributed by atoms with Crippen LogP contribution in [0.5, 0.6) is 5.75 Å². The summed E-state index contributed by atoms with van der Waals surface area (Å²) in [6.07, 6.45) is 0.0303. The molecule has 0 amide bonds. The lowest BCUT2D eigenvalue weighted by atomic mass is 10.1. The molecule has 0 saturated heterocycles. The van der Waals surface area contributed by atoms with Crippen molar-refractivity contribution in [3.63, 3.8) is 0 Å². The van der Waals surface area contributed by atoms with E-state index in [9.17, 15) is 14.8 Å². The minimum absolute atomic E-state index is 0.0303. The maximum atomic E-state index is 12.6. The molecule has 0 N–H and O–H groups in total. The molecule has 3 aromatic rings. The smallest absolute Gasteiger partial charge is 0.406 e. The van der Waals surface area contributed by atoms with Gasteiger partial charge in [-0.05, 0) is 23.8 Å². The molecule has 0 bridgehead atoms. The summed E-state index contributed by atoms with van der Waals surface area (Å²) in [6.45, 7) is -0.327. The van der Waals surface area contributed by atoms with Gasteiger partial charge in [-0.1, -0.05) is 24.3 Å². The fraction of sp³-hybridized carbons (Fsp3) is 0.200. The first-order valence-electron chi connectivity index (χ1n) is 8.41. The fourth-order valence-corrected chi connectivity index (χ4v) is 2.67. The number of carbonyl (C=O) groups is 2. The van der Waals surface area contributed by atoms with Gasteiger partial charge in [-0.2, -0.15) is 4.73 Å². The average Bonchev–Trinajstić information content (AvgIpc) is 2.72. The van der Waals surface area contributed by atoms with Crippen molar-refractivity contribution in [2.24, 2.45) is 0 Å². The monoisotopic (exact) mass is 382 g/mol. The zero-order chi connectivity index (χ0) is 20.1. The van der Waals surface area contributed by atoms with Crippen LogP contribution >= 0.6 is 0 Å². The minimum Gasteiger partial charge on any atom is -0.618 e. The van der Waals surface area contributed by atoms with Crippen molar-refractivity contribution in [3.8, 4) is 5.75 Å². The van der Waals surface area contributed by atoms with E-state index < -0.39 is 11.9 Å². The van der Waals surface area contributed by atoms with Crippen molar-refractivity contribution < 1.29 is 28.5 Å². The number of ether oxygens (including phenoxy) is 3. The van der Waals surface area contributed by atoms with E-state index in [1.807, 2.05) is 0 Å². The highest BCUT2D eigenvalue weighted by Crippen LogP contribution is 2.15. The lowest BCUT2D eigenvalue weighted by Gasteiger charge is -2.11. The van der Waals surface area contributed by atoms with Gasteiger partial charge in [0.25, 0.3) is 0 Å². The van der Waals surface area contributed by atoms with Crippen molar-refractivity contribution in [2.45, 2.75) is 13.0 Å². The topological polar surface area (TPSA) is 102 Å². The highest BCUT2D eigenvalue weighted by Gasteiger charge is 2.27. The predicted octanol–water partition coefficient (Wildman–Crippen LogP) is 1.95. The lowest BCUT2D eigenvalue weighted by Crippen LogP contribution is -2.38. The first-order chi connectivity index (χ1) is 13.5. The summed E-state index contributed by atoms with van der Waals surface area (Å²) in [6, 6.07) is 13.5. The Morgan fingerprint density at radius 2 is 1.79 bits per heavy atom. The van der Waals surface area contributed by atoms with Crippen LogP contribution in [0.4, 0.5) is 0 Å². The Morgan fingerprint density at radius 1 is 1.07 bits per heavy atom. The zero-order valence-corrected chi connectivity index (χ0v) is 15.4. The highest BCUT2D eigenvalue weighted by atomic mass is 16.5. The van der Waals surface area contributed by atoms with Crippen molar-refractivity contribution in [1.29, 1.82) is 0 Å². The molecule has 0 atom stereocenters. The van der Waals surface area contributed by atoms with Crippen molar-refractivity contribution in [3.05, 3.63) is 70.7 Å². The summed E-state index contributed by atoms with van der Waals surface area (Å²) in [5.41, 5.74) is 1.06.